The number of hydrogen-bond acceptors (Lipinski definition) is 2. The van der Waals surface area contributed by atoms with Crippen molar-refractivity contribution in [2.24, 2.45) is 7.05 Å². The highest BCUT2D eigenvalue weighted by Crippen LogP contribution is 2.31. The van der Waals surface area contributed by atoms with Crippen molar-refractivity contribution in [2.45, 2.75) is 31.9 Å². The number of halogens is 2. The Kier molecular flexibility index (Phi) is 3.35. The molecule has 1 aliphatic heterocycles. The Morgan fingerprint density at radius 3 is 2.62 bits per heavy atom. The minimum Gasteiger partial charge on any atom is -0.316 e. The van der Waals surface area contributed by atoms with Crippen LogP contribution in [-0.4, -0.2) is 28.5 Å². The fraction of sp³-hybridized carbons (Fsp3) is 0.727. The molecule has 5 heteroatoms. The molecule has 1 aromatic rings. The van der Waals surface area contributed by atoms with E-state index in [9.17, 15) is 4.39 Å². The van der Waals surface area contributed by atoms with Gasteiger partial charge in [-0.25, -0.2) is 4.39 Å². The Hall–Kier alpha value is -0.420. The van der Waals surface area contributed by atoms with Gasteiger partial charge in [0.1, 0.15) is 5.67 Å². The van der Waals surface area contributed by atoms with Crippen molar-refractivity contribution in [3.8, 4) is 0 Å². The number of nitrogens with one attached hydrogen (secondary N) is 1. The number of rotatable bonds is 2. The molecule has 0 aromatic carbocycles. The molecule has 0 spiro atoms. The van der Waals surface area contributed by atoms with Crippen LogP contribution in [-0.2, 0) is 13.5 Å². The number of hydrogen-bond donors (Lipinski definition) is 1. The predicted octanol–water partition coefficient (Wildman–Crippen LogP) is 2.13. The zero-order valence-corrected chi connectivity index (χ0v) is 11.3. The number of nitrogens with zero attached hydrogens (tertiary/aromatic N) is 2. The molecular weight excluding hydrogens is 273 g/mol. The van der Waals surface area contributed by atoms with Crippen LogP contribution in [0, 0.1) is 6.92 Å². The summed E-state index contributed by atoms with van der Waals surface area (Å²) in [5.41, 5.74) is 0.811. The van der Waals surface area contributed by atoms with E-state index in [-0.39, 0.29) is 0 Å². The van der Waals surface area contributed by atoms with Crippen LogP contribution in [0.2, 0.25) is 0 Å². The van der Waals surface area contributed by atoms with Gasteiger partial charge in [-0.3, -0.25) is 4.68 Å². The molecule has 1 N–H and O–H groups in total. The van der Waals surface area contributed by atoms with Gasteiger partial charge in [-0.05, 0) is 48.8 Å². The van der Waals surface area contributed by atoms with Gasteiger partial charge in [0.15, 0.2) is 0 Å². The molecular formula is C11H17BrFN3. The number of aryl methyl sites for hydroxylation is 2. The van der Waals surface area contributed by atoms with Crippen molar-refractivity contribution in [3.05, 3.63) is 15.9 Å². The van der Waals surface area contributed by atoms with E-state index in [1.807, 2.05) is 14.0 Å². The summed E-state index contributed by atoms with van der Waals surface area (Å²) < 4.78 is 17.3. The molecule has 0 aliphatic carbocycles. The van der Waals surface area contributed by atoms with Gasteiger partial charge in [-0.1, -0.05) is 0 Å². The van der Waals surface area contributed by atoms with Gasteiger partial charge >= 0.3 is 0 Å². The van der Waals surface area contributed by atoms with Crippen LogP contribution >= 0.6 is 15.9 Å². The molecule has 1 aromatic heterocycles. The van der Waals surface area contributed by atoms with E-state index in [1.54, 1.807) is 4.68 Å². The summed E-state index contributed by atoms with van der Waals surface area (Å²) in [7, 11) is 1.87. The third kappa shape index (κ3) is 2.30. The van der Waals surface area contributed by atoms with Crippen molar-refractivity contribution < 1.29 is 4.39 Å². The maximum Gasteiger partial charge on any atom is 0.119 e. The van der Waals surface area contributed by atoms with Crippen molar-refractivity contribution in [2.75, 3.05) is 13.1 Å². The Bertz CT molecular complexity index is 383. The molecule has 3 nitrogen and oxygen atoms in total. The summed E-state index contributed by atoms with van der Waals surface area (Å²) in [5.74, 6) is 0. The number of aromatic nitrogens is 2. The van der Waals surface area contributed by atoms with Gasteiger partial charge in [-0.2, -0.15) is 5.10 Å². The molecule has 0 amide bonds. The largest absolute Gasteiger partial charge is 0.316 e. The first-order valence-electron chi connectivity index (χ1n) is 5.59. The van der Waals surface area contributed by atoms with Crippen LogP contribution in [0.1, 0.15) is 24.2 Å². The fourth-order valence-corrected chi connectivity index (χ4v) is 2.70. The maximum atomic E-state index is 14.5. The highest BCUT2D eigenvalue weighted by molar-refractivity contribution is 9.10. The lowest BCUT2D eigenvalue weighted by atomic mass is 9.89. The Balaban J connectivity index is 2.19. The third-order valence-electron chi connectivity index (χ3n) is 3.25. The fourth-order valence-electron chi connectivity index (χ4n) is 2.22. The van der Waals surface area contributed by atoms with E-state index in [2.05, 4.69) is 26.3 Å². The first-order chi connectivity index (χ1) is 7.52. The molecule has 2 rings (SSSR count). The topological polar surface area (TPSA) is 29.9 Å². The van der Waals surface area contributed by atoms with Crippen LogP contribution in [0.3, 0.4) is 0 Å². The molecule has 1 aliphatic rings. The second-order valence-electron chi connectivity index (χ2n) is 4.55. The van der Waals surface area contributed by atoms with E-state index >= 15 is 0 Å². The van der Waals surface area contributed by atoms with E-state index in [4.69, 9.17) is 0 Å². The van der Waals surface area contributed by atoms with Crippen molar-refractivity contribution >= 4 is 15.9 Å². The van der Waals surface area contributed by atoms with Crippen molar-refractivity contribution in [1.82, 2.24) is 15.1 Å². The molecule has 0 atom stereocenters. The normalized spacial score (nSPS) is 20.0. The van der Waals surface area contributed by atoms with E-state index in [0.717, 1.165) is 29.0 Å². The maximum absolute atomic E-state index is 14.5. The smallest absolute Gasteiger partial charge is 0.119 e. The second-order valence-corrected chi connectivity index (χ2v) is 5.34. The predicted molar refractivity (Wildman–Crippen MR) is 65.3 cm³/mol. The molecule has 0 unspecified atom stereocenters. The lowest BCUT2D eigenvalue weighted by Crippen LogP contribution is -2.40. The highest BCUT2D eigenvalue weighted by atomic mass is 79.9. The molecule has 0 saturated carbocycles. The first-order valence-corrected chi connectivity index (χ1v) is 6.39. The van der Waals surface area contributed by atoms with Crippen LogP contribution in [0.15, 0.2) is 4.47 Å². The van der Waals surface area contributed by atoms with Crippen LogP contribution in [0.5, 0.6) is 0 Å². The minimum absolute atomic E-state index is 0.451. The van der Waals surface area contributed by atoms with Crippen molar-refractivity contribution in [1.29, 1.82) is 0 Å². The quantitative estimate of drug-likeness (QED) is 0.904. The van der Waals surface area contributed by atoms with Gasteiger partial charge < -0.3 is 5.32 Å². The summed E-state index contributed by atoms with van der Waals surface area (Å²) in [5, 5.41) is 7.48. The van der Waals surface area contributed by atoms with E-state index in [1.165, 1.54) is 0 Å². The lowest BCUT2D eigenvalue weighted by Gasteiger charge is -2.30. The number of alkyl halides is 1. The Morgan fingerprint density at radius 2 is 2.12 bits per heavy atom. The lowest BCUT2D eigenvalue weighted by molar-refractivity contribution is 0.113. The van der Waals surface area contributed by atoms with E-state index < -0.39 is 5.67 Å². The summed E-state index contributed by atoms with van der Waals surface area (Å²) in [4.78, 5) is 0. The standard InChI is InChI=1S/C11H17BrFN3/c1-8-10(12)9(16(2)15-8)7-11(13)3-5-14-6-4-11/h14H,3-7H2,1-2H3. The molecule has 0 radical (unpaired) electrons. The summed E-state index contributed by atoms with van der Waals surface area (Å²) >= 11 is 3.49. The molecule has 1 fully saturated rings. The zero-order chi connectivity index (χ0) is 11.8. The van der Waals surface area contributed by atoms with Gasteiger partial charge in [0.2, 0.25) is 0 Å². The SMILES string of the molecule is Cc1nn(C)c(CC2(F)CCNCC2)c1Br. The molecule has 2 heterocycles. The summed E-state index contributed by atoms with van der Waals surface area (Å²) in [6.07, 6.45) is 1.62. The minimum atomic E-state index is -1.08. The average molecular weight is 290 g/mol. The summed E-state index contributed by atoms with van der Waals surface area (Å²) in [6, 6.07) is 0. The third-order valence-corrected chi connectivity index (χ3v) is 4.28. The van der Waals surface area contributed by atoms with Crippen molar-refractivity contribution in [3.63, 3.8) is 0 Å². The monoisotopic (exact) mass is 289 g/mol. The first kappa shape index (κ1) is 12.0. The second kappa shape index (κ2) is 4.45. The van der Waals surface area contributed by atoms with Gasteiger partial charge in [0.05, 0.1) is 15.9 Å². The average Bonchev–Trinajstić information content (AvgIpc) is 2.46. The Labute approximate surface area is 104 Å². The van der Waals surface area contributed by atoms with Gasteiger partial charge in [0.25, 0.3) is 0 Å². The zero-order valence-electron chi connectivity index (χ0n) is 9.69. The van der Waals surface area contributed by atoms with Crippen LogP contribution in [0.4, 0.5) is 4.39 Å². The van der Waals surface area contributed by atoms with Crippen LogP contribution < -0.4 is 5.32 Å². The molecule has 90 valence electrons. The van der Waals surface area contributed by atoms with Crippen LogP contribution in [0.25, 0.3) is 0 Å². The summed E-state index contributed by atoms with van der Waals surface area (Å²) in [6.45, 7) is 3.47. The van der Waals surface area contributed by atoms with E-state index in [0.29, 0.717) is 19.3 Å². The molecule has 1 saturated heterocycles. The Morgan fingerprint density at radius 1 is 1.50 bits per heavy atom. The molecule has 0 bridgehead atoms. The highest BCUT2D eigenvalue weighted by Gasteiger charge is 2.33. The van der Waals surface area contributed by atoms with Gasteiger partial charge in [-0.15, -0.1) is 0 Å². The van der Waals surface area contributed by atoms with Gasteiger partial charge in [0, 0.05) is 13.5 Å². The number of piperidine rings is 1. The molecule has 16 heavy (non-hydrogen) atoms.